The maximum absolute atomic E-state index is 11.7. The van der Waals surface area contributed by atoms with Crippen LogP contribution >= 0.6 is 11.6 Å². The second-order valence-electron chi connectivity index (χ2n) is 4.78. The third kappa shape index (κ3) is 6.52. The predicted octanol–water partition coefficient (Wildman–Crippen LogP) is 1.72. The van der Waals surface area contributed by atoms with E-state index in [1.54, 1.807) is 54.6 Å². The van der Waals surface area contributed by atoms with Gasteiger partial charge in [-0.05, 0) is 36.4 Å². The van der Waals surface area contributed by atoms with E-state index in [0.717, 1.165) is 0 Å². The average Bonchev–Trinajstić information content (AvgIpc) is 2.64. The summed E-state index contributed by atoms with van der Waals surface area (Å²) in [7, 11) is 0. The van der Waals surface area contributed by atoms with Crippen molar-refractivity contribution in [3.8, 4) is 5.75 Å². The van der Waals surface area contributed by atoms with Crippen LogP contribution in [0.15, 0.2) is 54.6 Å². The number of benzene rings is 2. The summed E-state index contributed by atoms with van der Waals surface area (Å²) in [4.78, 5) is 34.8. The van der Waals surface area contributed by atoms with Crippen molar-refractivity contribution in [2.45, 2.75) is 0 Å². The number of rotatable bonds is 6. The maximum atomic E-state index is 11.7. The number of carbonyl (C=O) groups is 3. The van der Waals surface area contributed by atoms with Gasteiger partial charge in [-0.15, -0.1) is 0 Å². The molecule has 0 radical (unpaired) electrons. The van der Waals surface area contributed by atoms with Crippen LogP contribution in [0.5, 0.6) is 5.75 Å². The van der Waals surface area contributed by atoms with E-state index < -0.39 is 24.4 Å². The molecule has 0 heterocycles. The molecule has 0 unspecified atom stereocenters. The monoisotopic (exact) mass is 362 g/mol. The summed E-state index contributed by atoms with van der Waals surface area (Å²) in [5.74, 6) is -1.42. The lowest BCUT2D eigenvalue weighted by atomic mass is 10.2. The summed E-state index contributed by atoms with van der Waals surface area (Å²) in [6.45, 7) is -0.822. The highest BCUT2D eigenvalue weighted by Gasteiger charge is 2.10. The molecule has 130 valence electrons. The zero-order valence-electron chi connectivity index (χ0n) is 13.0. The van der Waals surface area contributed by atoms with Crippen LogP contribution < -0.4 is 15.6 Å². The van der Waals surface area contributed by atoms with Gasteiger partial charge in [0, 0.05) is 5.02 Å². The largest absolute Gasteiger partial charge is 0.484 e. The second kappa shape index (κ2) is 9.29. The molecule has 25 heavy (non-hydrogen) atoms. The highest BCUT2D eigenvalue weighted by atomic mass is 35.5. The van der Waals surface area contributed by atoms with Crippen molar-refractivity contribution in [2.75, 3.05) is 13.2 Å². The number of ether oxygens (including phenoxy) is 2. The molecule has 0 bridgehead atoms. The number of amides is 2. The van der Waals surface area contributed by atoms with Crippen LogP contribution in [-0.4, -0.2) is 31.0 Å². The summed E-state index contributed by atoms with van der Waals surface area (Å²) in [5, 5.41) is 0.550. The first-order chi connectivity index (χ1) is 12.0. The van der Waals surface area contributed by atoms with Crippen LogP contribution in [0, 0.1) is 0 Å². The van der Waals surface area contributed by atoms with Gasteiger partial charge in [0.05, 0.1) is 5.56 Å². The quantitative estimate of drug-likeness (QED) is 0.603. The normalized spacial score (nSPS) is 9.80. The molecule has 0 fully saturated rings. The summed E-state index contributed by atoms with van der Waals surface area (Å²) in [5.41, 5.74) is 4.59. The number of hydrogen-bond donors (Lipinski definition) is 2. The Bertz CT molecular complexity index is 734. The van der Waals surface area contributed by atoms with Crippen LogP contribution in [0.1, 0.15) is 10.4 Å². The molecule has 0 aliphatic carbocycles. The van der Waals surface area contributed by atoms with Gasteiger partial charge in [-0.1, -0.05) is 29.8 Å². The number of nitrogens with one attached hydrogen (secondary N) is 2. The molecule has 8 heteroatoms. The number of hydrazine groups is 1. The standard InChI is InChI=1S/C17H15ClN2O5/c18-13-6-8-14(9-7-13)24-10-15(21)19-20-16(22)11-25-17(23)12-4-2-1-3-5-12/h1-9H,10-11H2,(H,19,21)(H,20,22). The summed E-state index contributed by atoms with van der Waals surface area (Å²) < 4.78 is 10.0. The molecule has 2 N–H and O–H groups in total. The smallest absolute Gasteiger partial charge is 0.338 e. The molecular weight excluding hydrogens is 348 g/mol. The Balaban J connectivity index is 1.64. The highest BCUT2D eigenvalue weighted by molar-refractivity contribution is 6.30. The van der Waals surface area contributed by atoms with Gasteiger partial charge in [0.25, 0.3) is 11.8 Å². The van der Waals surface area contributed by atoms with Gasteiger partial charge < -0.3 is 9.47 Å². The number of hydrogen-bond acceptors (Lipinski definition) is 5. The van der Waals surface area contributed by atoms with Crippen LogP contribution in [0.3, 0.4) is 0 Å². The third-order valence-electron chi connectivity index (χ3n) is 2.87. The topological polar surface area (TPSA) is 93.7 Å². The van der Waals surface area contributed by atoms with Crippen molar-refractivity contribution >= 4 is 29.4 Å². The Morgan fingerprint density at radius 3 is 2.08 bits per heavy atom. The number of carbonyl (C=O) groups excluding carboxylic acids is 3. The zero-order chi connectivity index (χ0) is 18.1. The first-order valence-electron chi connectivity index (χ1n) is 7.23. The fraction of sp³-hybridized carbons (Fsp3) is 0.118. The summed E-state index contributed by atoms with van der Waals surface area (Å²) in [6, 6.07) is 14.7. The van der Waals surface area contributed by atoms with E-state index in [4.69, 9.17) is 21.1 Å². The minimum absolute atomic E-state index is 0.300. The Morgan fingerprint density at radius 1 is 0.840 bits per heavy atom. The summed E-state index contributed by atoms with van der Waals surface area (Å²) >= 11 is 5.73. The van der Waals surface area contributed by atoms with Crippen LogP contribution in [0.25, 0.3) is 0 Å². The number of esters is 1. The first-order valence-corrected chi connectivity index (χ1v) is 7.60. The first kappa shape index (κ1) is 18.3. The van der Waals surface area contributed by atoms with Gasteiger partial charge in [-0.3, -0.25) is 20.4 Å². The zero-order valence-corrected chi connectivity index (χ0v) is 13.8. The van der Waals surface area contributed by atoms with Gasteiger partial charge in [-0.25, -0.2) is 4.79 Å². The van der Waals surface area contributed by atoms with E-state index in [0.29, 0.717) is 16.3 Å². The SMILES string of the molecule is O=C(COC(=O)c1ccccc1)NNC(=O)COc1ccc(Cl)cc1. The fourth-order valence-corrected chi connectivity index (χ4v) is 1.81. The molecular formula is C17H15ClN2O5. The minimum atomic E-state index is -0.677. The van der Waals surface area contributed by atoms with Crippen molar-refractivity contribution in [3.63, 3.8) is 0 Å². The molecule has 0 saturated carbocycles. The van der Waals surface area contributed by atoms with Crippen molar-refractivity contribution in [2.24, 2.45) is 0 Å². The van der Waals surface area contributed by atoms with Crippen molar-refractivity contribution in [3.05, 3.63) is 65.2 Å². The van der Waals surface area contributed by atoms with Gasteiger partial charge in [-0.2, -0.15) is 0 Å². The lowest BCUT2D eigenvalue weighted by molar-refractivity contribution is -0.131. The van der Waals surface area contributed by atoms with E-state index in [2.05, 4.69) is 10.9 Å². The minimum Gasteiger partial charge on any atom is -0.484 e. The molecule has 0 spiro atoms. The fourth-order valence-electron chi connectivity index (χ4n) is 1.68. The molecule has 2 rings (SSSR count). The van der Waals surface area contributed by atoms with Crippen molar-refractivity contribution in [1.29, 1.82) is 0 Å². The molecule has 0 saturated heterocycles. The lowest BCUT2D eigenvalue weighted by Crippen LogP contribution is -2.45. The van der Waals surface area contributed by atoms with E-state index in [9.17, 15) is 14.4 Å². The third-order valence-corrected chi connectivity index (χ3v) is 3.12. The van der Waals surface area contributed by atoms with Gasteiger partial charge in [0.1, 0.15) is 5.75 Å². The molecule has 0 aliphatic heterocycles. The maximum Gasteiger partial charge on any atom is 0.338 e. The second-order valence-corrected chi connectivity index (χ2v) is 5.22. The van der Waals surface area contributed by atoms with Gasteiger partial charge in [0.2, 0.25) is 0 Å². The van der Waals surface area contributed by atoms with E-state index in [1.165, 1.54) is 0 Å². The molecule has 0 aromatic heterocycles. The highest BCUT2D eigenvalue weighted by Crippen LogP contribution is 2.15. The van der Waals surface area contributed by atoms with Gasteiger partial charge in [0.15, 0.2) is 13.2 Å². The Morgan fingerprint density at radius 2 is 1.44 bits per heavy atom. The van der Waals surface area contributed by atoms with Gasteiger partial charge >= 0.3 is 5.97 Å². The Kier molecular flexibility index (Phi) is 6.79. The van der Waals surface area contributed by atoms with Crippen LogP contribution in [0.4, 0.5) is 0 Å². The summed E-state index contributed by atoms with van der Waals surface area (Å²) in [6.07, 6.45) is 0. The molecule has 2 aromatic rings. The molecule has 2 amide bonds. The lowest BCUT2D eigenvalue weighted by Gasteiger charge is -2.09. The average molecular weight is 363 g/mol. The van der Waals surface area contributed by atoms with Crippen molar-refractivity contribution < 1.29 is 23.9 Å². The van der Waals surface area contributed by atoms with Crippen LogP contribution in [-0.2, 0) is 14.3 Å². The number of halogens is 1. The molecule has 2 aromatic carbocycles. The predicted molar refractivity (Wildman–Crippen MR) is 90.0 cm³/mol. The van der Waals surface area contributed by atoms with E-state index in [1.807, 2.05) is 0 Å². The van der Waals surface area contributed by atoms with Crippen molar-refractivity contribution in [1.82, 2.24) is 10.9 Å². The molecule has 7 nitrogen and oxygen atoms in total. The van der Waals surface area contributed by atoms with E-state index >= 15 is 0 Å². The Hall–Kier alpha value is -3.06. The molecule has 0 aliphatic rings. The van der Waals surface area contributed by atoms with E-state index in [-0.39, 0.29) is 6.61 Å². The Labute approximate surface area is 148 Å². The molecule has 0 atom stereocenters. The van der Waals surface area contributed by atoms with Crippen LogP contribution in [0.2, 0.25) is 5.02 Å².